The molecule has 2 fully saturated rings. The van der Waals surface area contributed by atoms with Crippen LogP contribution in [-0.4, -0.2) is 43.0 Å². The molecular formula is C12H23N3O. The molecule has 92 valence electrons. The molecule has 4 heteroatoms. The lowest BCUT2D eigenvalue weighted by Gasteiger charge is -2.41. The van der Waals surface area contributed by atoms with E-state index in [1.165, 1.54) is 12.8 Å². The van der Waals surface area contributed by atoms with Gasteiger partial charge < -0.3 is 16.0 Å². The van der Waals surface area contributed by atoms with E-state index in [9.17, 15) is 4.79 Å². The average molecular weight is 225 g/mol. The summed E-state index contributed by atoms with van der Waals surface area (Å²) in [4.78, 5) is 13.2. The van der Waals surface area contributed by atoms with E-state index in [1.807, 2.05) is 4.90 Å². The number of piperidine rings is 2. The molecule has 0 aromatic heterocycles. The summed E-state index contributed by atoms with van der Waals surface area (Å²) in [6, 6.07) is 0.181. The second-order valence-electron chi connectivity index (χ2n) is 5.17. The Morgan fingerprint density at radius 1 is 1.31 bits per heavy atom. The molecule has 2 heterocycles. The highest BCUT2D eigenvalue weighted by Gasteiger charge is 2.33. The van der Waals surface area contributed by atoms with Crippen molar-refractivity contribution in [2.45, 2.75) is 32.2 Å². The average Bonchev–Trinajstić information content (AvgIpc) is 2.30. The Balaban J connectivity index is 1.90. The normalized spacial score (nSPS) is 32.8. The van der Waals surface area contributed by atoms with Crippen molar-refractivity contribution in [1.82, 2.24) is 10.2 Å². The fourth-order valence-electron chi connectivity index (χ4n) is 3.14. The number of rotatable bonds is 1. The maximum atomic E-state index is 11.3. The molecule has 0 bridgehead atoms. The minimum absolute atomic E-state index is 0.166. The van der Waals surface area contributed by atoms with Gasteiger partial charge in [0.2, 0.25) is 5.91 Å². The number of nitrogens with zero attached hydrogens (tertiary/aromatic N) is 1. The van der Waals surface area contributed by atoms with Crippen LogP contribution in [0.1, 0.15) is 26.2 Å². The summed E-state index contributed by atoms with van der Waals surface area (Å²) in [7, 11) is 0. The molecule has 0 saturated carbocycles. The lowest BCUT2D eigenvalue weighted by atomic mass is 9.76. The van der Waals surface area contributed by atoms with Gasteiger partial charge in [0.25, 0.3) is 0 Å². The molecule has 4 nitrogen and oxygen atoms in total. The van der Waals surface area contributed by atoms with Crippen molar-refractivity contribution in [2.24, 2.45) is 17.6 Å². The van der Waals surface area contributed by atoms with Crippen LogP contribution >= 0.6 is 0 Å². The maximum Gasteiger partial charge on any atom is 0.219 e. The Bertz CT molecular complexity index is 251. The molecule has 2 aliphatic heterocycles. The Morgan fingerprint density at radius 2 is 2.00 bits per heavy atom. The van der Waals surface area contributed by atoms with Gasteiger partial charge in [0.05, 0.1) is 0 Å². The SMILES string of the molecule is CC(=O)N1CCC(C2CCNCC2)C(N)C1. The van der Waals surface area contributed by atoms with Crippen LogP contribution < -0.4 is 11.1 Å². The van der Waals surface area contributed by atoms with Gasteiger partial charge in [-0.2, -0.15) is 0 Å². The first-order valence-electron chi connectivity index (χ1n) is 6.40. The van der Waals surface area contributed by atoms with Crippen LogP contribution in [0.25, 0.3) is 0 Å². The van der Waals surface area contributed by atoms with Gasteiger partial charge >= 0.3 is 0 Å². The standard InChI is InChI=1S/C12H23N3O/c1-9(16)15-7-4-11(12(13)8-15)10-2-5-14-6-3-10/h10-12,14H,2-8,13H2,1H3. The largest absolute Gasteiger partial charge is 0.341 e. The zero-order valence-electron chi connectivity index (χ0n) is 10.1. The zero-order valence-corrected chi connectivity index (χ0v) is 10.1. The third-order valence-electron chi connectivity index (χ3n) is 4.15. The predicted molar refractivity (Wildman–Crippen MR) is 63.9 cm³/mol. The Hall–Kier alpha value is -0.610. The molecule has 2 saturated heterocycles. The zero-order chi connectivity index (χ0) is 11.5. The lowest BCUT2D eigenvalue weighted by Crippen LogP contribution is -2.53. The lowest BCUT2D eigenvalue weighted by molar-refractivity contribution is -0.130. The first-order chi connectivity index (χ1) is 7.68. The van der Waals surface area contributed by atoms with Crippen molar-refractivity contribution < 1.29 is 4.79 Å². The third kappa shape index (κ3) is 2.55. The van der Waals surface area contributed by atoms with E-state index in [0.29, 0.717) is 5.92 Å². The number of likely N-dealkylation sites (tertiary alicyclic amines) is 1. The fraction of sp³-hybridized carbons (Fsp3) is 0.917. The van der Waals surface area contributed by atoms with Crippen LogP contribution in [-0.2, 0) is 4.79 Å². The number of nitrogens with one attached hydrogen (secondary N) is 1. The molecule has 2 atom stereocenters. The van der Waals surface area contributed by atoms with Crippen LogP contribution in [0.4, 0.5) is 0 Å². The highest BCUT2D eigenvalue weighted by Crippen LogP contribution is 2.30. The topological polar surface area (TPSA) is 58.4 Å². The number of carbonyl (C=O) groups excluding carboxylic acids is 1. The smallest absolute Gasteiger partial charge is 0.219 e. The highest BCUT2D eigenvalue weighted by atomic mass is 16.2. The summed E-state index contributed by atoms with van der Waals surface area (Å²) in [5.41, 5.74) is 6.22. The van der Waals surface area contributed by atoms with Crippen molar-refractivity contribution in [3.63, 3.8) is 0 Å². The molecule has 1 amide bonds. The van der Waals surface area contributed by atoms with Gasteiger partial charge in [-0.1, -0.05) is 0 Å². The molecule has 3 N–H and O–H groups in total. The van der Waals surface area contributed by atoms with Gasteiger partial charge in [-0.15, -0.1) is 0 Å². The van der Waals surface area contributed by atoms with E-state index in [-0.39, 0.29) is 11.9 Å². The molecule has 0 spiro atoms. The van der Waals surface area contributed by atoms with Crippen LogP contribution in [0.3, 0.4) is 0 Å². The number of carbonyl (C=O) groups is 1. The minimum atomic E-state index is 0.166. The first kappa shape index (κ1) is 11.9. The summed E-state index contributed by atoms with van der Waals surface area (Å²) in [5, 5.41) is 3.39. The molecule has 2 unspecified atom stereocenters. The monoisotopic (exact) mass is 225 g/mol. The van der Waals surface area contributed by atoms with Crippen LogP contribution in [0, 0.1) is 11.8 Å². The molecule has 2 aliphatic rings. The molecule has 0 aliphatic carbocycles. The Labute approximate surface area is 97.6 Å². The quantitative estimate of drug-likeness (QED) is 0.669. The van der Waals surface area contributed by atoms with Crippen LogP contribution in [0.15, 0.2) is 0 Å². The maximum absolute atomic E-state index is 11.3. The third-order valence-corrected chi connectivity index (χ3v) is 4.15. The van der Waals surface area contributed by atoms with Gasteiger partial charge in [0.1, 0.15) is 0 Å². The van der Waals surface area contributed by atoms with Gasteiger partial charge in [0.15, 0.2) is 0 Å². The van der Waals surface area contributed by atoms with Crippen molar-refractivity contribution >= 4 is 5.91 Å². The number of hydrogen-bond acceptors (Lipinski definition) is 3. The molecule has 0 aromatic rings. The number of nitrogens with two attached hydrogens (primary N) is 1. The number of hydrogen-bond donors (Lipinski definition) is 2. The first-order valence-corrected chi connectivity index (χ1v) is 6.40. The summed E-state index contributed by atoms with van der Waals surface area (Å²) in [6.07, 6.45) is 3.59. The summed E-state index contributed by atoms with van der Waals surface area (Å²) >= 11 is 0. The summed E-state index contributed by atoms with van der Waals surface area (Å²) in [6.45, 7) is 5.55. The summed E-state index contributed by atoms with van der Waals surface area (Å²) in [5.74, 6) is 1.56. The van der Waals surface area contributed by atoms with Crippen LogP contribution in [0.2, 0.25) is 0 Å². The predicted octanol–water partition coefficient (Wildman–Crippen LogP) is 0.182. The summed E-state index contributed by atoms with van der Waals surface area (Å²) < 4.78 is 0. The molecule has 2 rings (SSSR count). The van der Waals surface area contributed by atoms with Gasteiger partial charge in [-0.05, 0) is 44.2 Å². The molecular weight excluding hydrogens is 202 g/mol. The van der Waals surface area contributed by atoms with Crippen molar-refractivity contribution in [1.29, 1.82) is 0 Å². The van der Waals surface area contributed by atoms with E-state index < -0.39 is 0 Å². The molecule has 0 radical (unpaired) electrons. The number of amides is 1. The van der Waals surface area contributed by atoms with Gasteiger partial charge in [-0.3, -0.25) is 4.79 Å². The molecule has 16 heavy (non-hydrogen) atoms. The Kier molecular flexibility index (Phi) is 3.82. The van der Waals surface area contributed by atoms with Gasteiger partial charge in [0, 0.05) is 26.1 Å². The van der Waals surface area contributed by atoms with E-state index in [1.54, 1.807) is 6.92 Å². The van der Waals surface area contributed by atoms with Crippen molar-refractivity contribution in [3.8, 4) is 0 Å². The molecule has 0 aromatic carbocycles. The van der Waals surface area contributed by atoms with E-state index in [0.717, 1.165) is 38.5 Å². The highest BCUT2D eigenvalue weighted by molar-refractivity contribution is 5.73. The van der Waals surface area contributed by atoms with E-state index >= 15 is 0 Å². The van der Waals surface area contributed by atoms with Gasteiger partial charge in [-0.25, -0.2) is 0 Å². The van der Waals surface area contributed by atoms with Crippen LogP contribution in [0.5, 0.6) is 0 Å². The second kappa shape index (κ2) is 5.15. The second-order valence-corrected chi connectivity index (χ2v) is 5.17. The van der Waals surface area contributed by atoms with E-state index in [2.05, 4.69) is 5.32 Å². The van der Waals surface area contributed by atoms with Crippen molar-refractivity contribution in [3.05, 3.63) is 0 Å². The van der Waals surface area contributed by atoms with Crippen molar-refractivity contribution in [2.75, 3.05) is 26.2 Å². The fourth-order valence-corrected chi connectivity index (χ4v) is 3.14. The van der Waals surface area contributed by atoms with E-state index in [4.69, 9.17) is 5.73 Å². The Morgan fingerprint density at radius 3 is 2.56 bits per heavy atom. The minimum Gasteiger partial charge on any atom is -0.341 e.